The van der Waals surface area contributed by atoms with Gasteiger partial charge in [-0.05, 0) is 36.8 Å². The summed E-state index contributed by atoms with van der Waals surface area (Å²) in [6.45, 7) is 4.28. The summed E-state index contributed by atoms with van der Waals surface area (Å²) >= 11 is 0. The van der Waals surface area contributed by atoms with E-state index in [9.17, 15) is 5.11 Å². The van der Waals surface area contributed by atoms with Gasteiger partial charge in [-0.15, -0.1) is 0 Å². The second-order valence-corrected chi connectivity index (χ2v) is 4.15. The van der Waals surface area contributed by atoms with Gasteiger partial charge in [0.15, 0.2) is 0 Å². The lowest BCUT2D eigenvalue weighted by atomic mass is 10.0. The third kappa shape index (κ3) is 4.48. The van der Waals surface area contributed by atoms with Crippen molar-refractivity contribution in [2.75, 3.05) is 0 Å². The number of rotatable bonds is 6. The predicted octanol–water partition coefficient (Wildman–Crippen LogP) is 3.34. The molecule has 0 aliphatic carbocycles. The van der Waals surface area contributed by atoms with Gasteiger partial charge in [0.2, 0.25) is 0 Å². The molecule has 0 aliphatic rings. The third-order valence-corrected chi connectivity index (χ3v) is 2.79. The standard InChI is InChI=1S/C14H22O/c1-3-6-14(15)10-9-13-8-5-7-12(4-2)11-13/h5,7-8,11,14-15H,3-4,6,9-10H2,1-2H3. The molecule has 1 aromatic carbocycles. The largest absolute Gasteiger partial charge is 0.393 e. The molecule has 1 aromatic rings. The molecule has 0 saturated carbocycles. The molecule has 0 aliphatic heterocycles. The summed E-state index contributed by atoms with van der Waals surface area (Å²) in [5.74, 6) is 0. The quantitative estimate of drug-likeness (QED) is 0.757. The van der Waals surface area contributed by atoms with Gasteiger partial charge in [0, 0.05) is 0 Å². The van der Waals surface area contributed by atoms with E-state index < -0.39 is 0 Å². The van der Waals surface area contributed by atoms with Crippen molar-refractivity contribution in [3.8, 4) is 0 Å². The Labute approximate surface area is 93.1 Å². The van der Waals surface area contributed by atoms with Crippen molar-refractivity contribution in [3.63, 3.8) is 0 Å². The summed E-state index contributed by atoms with van der Waals surface area (Å²) in [4.78, 5) is 0. The van der Waals surface area contributed by atoms with Crippen molar-refractivity contribution in [1.82, 2.24) is 0 Å². The molecule has 0 aromatic heterocycles. The Morgan fingerprint density at radius 2 is 1.87 bits per heavy atom. The minimum Gasteiger partial charge on any atom is -0.393 e. The molecular formula is C14H22O. The molecule has 1 nitrogen and oxygen atoms in total. The van der Waals surface area contributed by atoms with Gasteiger partial charge in [0.1, 0.15) is 0 Å². The van der Waals surface area contributed by atoms with E-state index in [-0.39, 0.29) is 6.10 Å². The van der Waals surface area contributed by atoms with Crippen LogP contribution in [0.25, 0.3) is 0 Å². The molecule has 0 saturated heterocycles. The van der Waals surface area contributed by atoms with Crippen LogP contribution in [0.5, 0.6) is 0 Å². The number of benzene rings is 1. The highest BCUT2D eigenvalue weighted by atomic mass is 16.3. The molecule has 0 heterocycles. The maximum atomic E-state index is 9.64. The Balaban J connectivity index is 2.43. The van der Waals surface area contributed by atoms with E-state index in [1.54, 1.807) is 0 Å². The normalized spacial score (nSPS) is 12.7. The van der Waals surface area contributed by atoms with Crippen molar-refractivity contribution >= 4 is 0 Å². The lowest BCUT2D eigenvalue weighted by Crippen LogP contribution is -2.07. The minimum absolute atomic E-state index is 0.125. The van der Waals surface area contributed by atoms with Gasteiger partial charge in [-0.25, -0.2) is 0 Å². The van der Waals surface area contributed by atoms with Crippen LogP contribution in [-0.4, -0.2) is 11.2 Å². The molecule has 0 fully saturated rings. The molecule has 0 spiro atoms. The van der Waals surface area contributed by atoms with Crippen molar-refractivity contribution < 1.29 is 5.11 Å². The summed E-state index contributed by atoms with van der Waals surface area (Å²) < 4.78 is 0. The van der Waals surface area contributed by atoms with Crippen LogP contribution in [-0.2, 0) is 12.8 Å². The number of hydrogen-bond donors (Lipinski definition) is 1. The van der Waals surface area contributed by atoms with E-state index in [4.69, 9.17) is 0 Å². The first kappa shape index (κ1) is 12.3. The first-order valence-corrected chi connectivity index (χ1v) is 6.02. The van der Waals surface area contributed by atoms with E-state index in [1.807, 2.05) is 0 Å². The molecule has 0 bridgehead atoms. The van der Waals surface area contributed by atoms with Crippen LogP contribution in [0.2, 0.25) is 0 Å². The molecule has 84 valence electrons. The van der Waals surface area contributed by atoms with Gasteiger partial charge in [-0.3, -0.25) is 0 Å². The lowest BCUT2D eigenvalue weighted by molar-refractivity contribution is 0.154. The van der Waals surface area contributed by atoms with Crippen molar-refractivity contribution in [1.29, 1.82) is 0 Å². The Bertz CT molecular complexity index is 280. The highest BCUT2D eigenvalue weighted by Gasteiger charge is 2.03. The molecule has 1 heteroatoms. The average Bonchev–Trinajstić information content (AvgIpc) is 2.27. The Morgan fingerprint density at radius 3 is 2.53 bits per heavy atom. The fourth-order valence-corrected chi connectivity index (χ4v) is 1.82. The van der Waals surface area contributed by atoms with Gasteiger partial charge in [-0.1, -0.05) is 44.5 Å². The highest BCUT2D eigenvalue weighted by Crippen LogP contribution is 2.11. The van der Waals surface area contributed by atoms with E-state index in [1.165, 1.54) is 11.1 Å². The van der Waals surface area contributed by atoms with Crippen LogP contribution in [0.15, 0.2) is 24.3 Å². The summed E-state index contributed by atoms with van der Waals surface area (Å²) in [5, 5.41) is 9.64. The topological polar surface area (TPSA) is 20.2 Å². The summed E-state index contributed by atoms with van der Waals surface area (Å²) in [5.41, 5.74) is 2.74. The number of hydrogen-bond acceptors (Lipinski definition) is 1. The fraction of sp³-hybridized carbons (Fsp3) is 0.571. The third-order valence-electron chi connectivity index (χ3n) is 2.79. The monoisotopic (exact) mass is 206 g/mol. The summed E-state index contributed by atoms with van der Waals surface area (Å²) in [6, 6.07) is 8.67. The molecule has 1 atom stereocenters. The van der Waals surface area contributed by atoms with Crippen LogP contribution in [0.4, 0.5) is 0 Å². The maximum absolute atomic E-state index is 9.64. The Morgan fingerprint density at radius 1 is 1.13 bits per heavy atom. The van der Waals surface area contributed by atoms with E-state index >= 15 is 0 Å². The smallest absolute Gasteiger partial charge is 0.0543 e. The van der Waals surface area contributed by atoms with Crippen LogP contribution >= 0.6 is 0 Å². The fourth-order valence-electron chi connectivity index (χ4n) is 1.82. The van der Waals surface area contributed by atoms with E-state index in [0.717, 1.165) is 32.1 Å². The second-order valence-electron chi connectivity index (χ2n) is 4.15. The minimum atomic E-state index is -0.125. The Hall–Kier alpha value is -0.820. The SMILES string of the molecule is CCCC(O)CCc1cccc(CC)c1. The molecule has 0 amide bonds. The van der Waals surface area contributed by atoms with Crippen molar-refractivity contribution in [3.05, 3.63) is 35.4 Å². The van der Waals surface area contributed by atoms with Crippen LogP contribution in [0.1, 0.15) is 44.2 Å². The second kappa shape index (κ2) is 6.62. The van der Waals surface area contributed by atoms with E-state index in [0.29, 0.717) is 0 Å². The van der Waals surface area contributed by atoms with Gasteiger partial charge >= 0.3 is 0 Å². The number of aliphatic hydroxyl groups is 1. The van der Waals surface area contributed by atoms with E-state index in [2.05, 4.69) is 38.1 Å². The first-order valence-electron chi connectivity index (χ1n) is 6.02. The molecule has 15 heavy (non-hydrogen) atoms. The summed E-state index contributed by atoms with van der Waals surface area (Å²) in [7, 11) is 0. The van der Waals surface area contributed by atoms with Gasteiger partial charge < -0.3 is 5.11 Å². The molecule has 1 N–H and O–H groups in total. The molecular weight excluding hydrogens is 184 g/mol. The summed E-state index contributed by atoms with van der Waals surface area (Å²) in [6.07, 6.45) is 4.84. The zero-order valence-corrected chi connectivity index (χ0v) is 9.87. The zero-order chi connectivity index (χ0) is 11.1. The molecule has 1 unspecified atom stereocenters. The molecule has 1 rings (SSSR count). The van der Waals surface area contributed by atoms with Gasteiger partial charge in [0.25, 0.3) is 0 Å². The first-order chi connectivity index (χ1) is 7.26. The van der Waals surface area contributed by atoms with Crippen LogP contribution < -0.4 is 0 Å². The number of aryl methyl sites for hydroxylation is 2. The van der Waals surface area contributed by atoms with Gasteiger partial charge in [0.05, 0.1) is 6.10 Å². The van der Waals surface area contributed by atoms with Crippen LogP contribution in [0.3, 0.4) is 0 Å². The van der Waals surface area contributed by atoms with Crippen molar-refractivity contribution in [2.45, 2.75) is 52.1 Å². The lowest BCUT2D eigenvalue weighted by Gasteiger charge is -2.09. The van der Waals surface area contributed by atoms with Crippen molar-refractivity contribution in [2.24, 2.45) is 0 Å². The maximum Gasteiger partial charge on any atom is 0.0543 e. The zero-order valence-electron chi connectivity index (χ0n) is 9.87. The highest BCUT2D eigenvalue weighted by molar-refractivity contribution is 5.23. The predicted molar refractivity (Wildman–Crippen MR) is 65.1 cm³/mol. The molecule has 0 radical (unpaired) electrons. The van der Waals surface area contributed by atoms with Gasteiger partial charge in [-0.2, -0.15) is 0 Å². The average molecular weight is 206 g/mol. The Kier molecular flexibility index (Phi) is 5.41. The number of aliphatic hydroxyl groups excluding tert-OH is 1. The van der Waals surface area contributed by atoms with Crippen LogP contribution in [0, 0.1) is 0 Å².